The molecule has 1 fully saturated rings. The number of methoxy groups -OCH3 is 1. The maximum absolute atomic E-state index is 13.3. The number of pyridine rings is 1. The largest absolute Gasteiger partial charge is 0.493 e. The van der Waals surface area contributed by atoms with E-state index in [0.717, 1.165) is 18.4 Å². The van der Waals surface area contributed by atoms with Crippen LogP contribution in [0.2, 0.25) is 5.02 Å². The zero-order valence-corrected chi connectivity index (χ0v) is 18.0. The molecule has 32 heavy (non-hydrogen) atoms. The van der Waals surface area contributed by atoms with E-state index in [9.17, 15) is 14.9 Å². The molecule has 0 saturated heterocycles. The molecule has 0 bridgehead atoms. The van der Waals surface area contributed by atoms with Crippen LogP contribution in [0.3, 0.4) is 0 Å². The molecule has 4 rings (SSSR count). The molecule has 0 unspecified atom stereocenters. The van der Waals surface area contributed by atoms with Crippen molar-refractivity contribution in [3.05, 3.63) is 87.2 Å². The lowest BCUT2D eigenvalue weighted by molar-refractivity contribution is -0.385. The first-order chi connectivity index (χ1) is 15.5. The first-order valence-corrected chi connectivity index (χ1v) is 10.3. The predicted octanol–water partition coefficient (Wildman–Crippen LogP) is 5.25. The van der Waals surface area contributed by atoms with E-state index in [-0.39, 0.29) is 34.2 Å². The number of hydrogen-bond donors (Lipinski definition) is 0. The van der Waals surface area contributed by atoms with Crippen LogP contribution in [-0.4, -0.2) is 33.9 Å². The van der Waals surface area contributed by atoms with Gasteiger partial charge in [0.1, 0.15) is 0 Å². The van der Waals surface area contributed by atoms with Crippen LogP contribution < -0.4 is 9.47 Å². The first-order valence-electron chi connectivity index (χ1n) is 9.96. The lowest BCUT2D eigenvalue weighted by Crippen LogP contribution is -2.32. The molecule has 9 heteroatoms. The Morgan fingerprint density at radius 3 is 2.50 bits per heavy atom. The highest BCUT2D eigenvalue weighted by Crippen LogP contribution is 2.38. The number of nitro groups is 1. The summed E-state index contributed by atoms with van der Waals surface area (Å²) in [5.74, 6) is 0.446. The van der Waals surface area contributed by atoms with E-state index < -0.39 is 4.92 Å². The number of nitrogens with zero attached hydrogens (tertiary/aromatic N) is 3. The van der Waals surface area contributed by atoms with E-state index in [1.807, 2.05) is 17.0 Å². The van der Waals surface area contributed by atoms with Crippen molar-refractivity contribution in [1.82, 2.24) is 9.88 Å². The van der Waals surface area contributed by atoms with Gasteiger partial charge in [-0.25, -0.2) is 0 Å². The van der Waals surface area contributed by atoms with E-state index in [1.165, 1.54) is 25.3 Å². The standard InChI is InChI=1S/C23H20ClN3O5/c1-31-22-12-16(23(28)26(18-4-5-18)14-15-8-10-25-11-9-15)2-6-21(22)32-20-7-3-17(24)13-19(20)27(29)30/h2-3,6-13,18H,4-5,14H2,1H3. The fraction of sp³-hybridized carbons (Fsp3) is 0.217. The summed E-state index contributed by atoms with van der Waals surface area (Å²) in [6.45, 7) is 0.490. The van der Waals surface area contributed by atoms with Gasteiger partial charge in [0.25, 0.3) is 5.91 Å². The van der Waals surface area contributed by atoms with Crippen LogP contribution >= 0.6 is 11.6 Å². The fourth-order valence-corrected chi connectivity index (χ4v) is 3.49. The van der Waals surface area contributed by atoms with E-state index in [0.29, 0.717) is 17.9 Å². The second-order valence-corrected chi connectivity index (χ2v) is 7.79. The van der Waals surface area contributed by atoms with Crippen LogP contribution in [0.15, 0.2) is 60.9 Å². The van der Waals surface area contributed by atoms with Crippen LogP contribution in [0.1, 0.15) is 28.8 Å². The van der Waals surface area contributed by atoms with E-state index in [1.54, 1.807) is 30.6 Å². The summed E-state index contributed by atoms with van der Waals surface area (Å²) in [7, 11) is 1.45. The Bertz CT molecular complexity index is 1150. The lowest BCUT2D eigenvalue weighted by atomic mass is 10.1. The second-order valence-electron chi connectivity index (χ2n) is 7.36. The summed E-state index contributed by atoms with van der Waals surface area (Å²) in [5.41, 5.74) is 1.18. The average Bonchev–Trinajstić information content (AvgIpc) is 3.64. The molecule has 3 aromatic rings. The van der Waals surface area contributed by atoms with Gasteiger partial charge in [-0.3, -0.25) is 19.9 Å². The van der Waals surface area contributed by atoms with Gasteiger partial charge in [-0.05, 0) is 60.9 Å². The van der Waals surface area contributed by atoms with Crippen molar-refractivity contribution in [2.45, 2.75) is 25.4 Å². The van der Waals surface area contributed by atoms with Crippen LogP contribution in [0.25, 0.3) is 0 Å². The maximum atomic E-state index is 13.3. The van der Waals surface area contributed by atoms with Crippen molar-refractivity contribution in [1.29, 1.82) is 0 Å². The number of rotatable bonds is 8. The molecule has 0 spiro atoms. The topological polar surface area (TPSA) is 94.8 Å². The molecule has 1 heterocycles. The molecule has 0 aliphatic heterocycles. The quantitative estimate of drug-likeness (QED) is 0.341. The minimum absolute atomic E-state index is 0.0223. The fourth-order valence-electron chi connectivity index (χ4n) is 3.33. The Morgan fingerprint density at radius 1 is 1.12 bits per heavy atom. The summed E-state index contributed by atoms with van der Waals surface area (Å²) in [6.07, 6.45) is 5.34. The van der Waals surface area contributed by atoms with E-state index >= 15 is 0 Å². The molecule has 1 aliphatic carbocycles. The van der Waals surface area contributed by atoms with Crippen molar-refractivity contribution >= 4 is 23.2 Å². The highest BCUT2D eigenvalue weighted by atomic mass is 35.5. The number of nitro benzene ring substituents is 1. The molecule has 0 N–H and O–H groups in total. The summed E-state index contributed by atoms with van der Waals surface area (Å²) < 4.78 is 11.1. The molecular formula is C23H20ClN3O5. The average molecular weight is 454 g/mol. The SMILES string of the molecule is COc1cc(C(=O)N(Cc2ccncc2)C2CC2)ccc1Oc1ccc(Cl)cc1[N+](=O)[O-]. The van der Waals surface area contributed by atoms with Crippen LogP contribution in [0, 0.1) is 10.1 Å². The molecule has 0 radical (unpaired) electrons. The van der Waals surface area contributed by atoms with Gasteiger partial charge in [0.15, 0.2) is 11.5 Å². The van der Waals surface area contributed by atoms with Gasteiger partial charge < -0.3 is 14.4 Å². The summed E-state index contributed by atoms with van der Waals surface area (Å²) in [6, 6.07) is 12.9. The number of carbonyl (C=O) groups is 1. The number of amides is 1. The summed E-state index contributed by atoms with van der Waals surface area (Å²) in [4.78, 5) is 29.9. The minimum Gasteiger partial charge on any atom is -0.493 e. The zero-order valence-electron chi connectivity index (χ0n) is 17.2. The smallest absolute Gasteiger partial charge is 0.313 e. The Labute approximate surface area is 189 Å². The van der Waals surface area contributed by atoms with Gasteiger partial charge in [0.05, 0.1) is 12.0 Å². The van der Waals surface area contributed by atoms with Crippen molar-refractivity contribution in [2.75, 3.05) is 7.11 Å². The number of halogens is 1. The number of aromatic nitrogens is 1. The van der Waals surface area contributed by atoms with Crippen LogP contribution in [0.5, 0.6) is 17.2 Å². The monoisotopic (exact) mass is 453 g/mol. The number of carbonyl (C=O) groups excluding carboxylic acids is 1. The maximum Gasteiger partial charge on any atom is 0.313 e. The van der Waals surface area contributed by atoms with Gasteiger partial charge in [-0.15, -0.1) is 0 Å². The van der Waals surface area contributed by atoms with Gasteiger partial charge in [0, 0.05) is 41.6 Å². The Kier molecular flexibility index (Phi) is 6.23. The molecule has 8 nitrogen and oxygen atoms in total. The molecular weight excluding hydrogens is 434 g/mol. The van der Waals surface area contributed by atoms with Crippen molar-refractivity contribution in [3.8, 4) is 17.2 Å². The Hall–Kier alpha value is -3.65. The third-order valence-corrected chi connectivity index (χ3v) is 5.33. The van der Waals surface area contributed by atoms with Gasteiger partial charge >= 0.3 is 5.69 Å². The second kappa shape index (κ2) is 9.23. The van der Waals surface area contributed by atoms with E-state index in [2.05, 4.69) is 4.98 Å². The zero-order chi connectivity index (χ0) is 22.7. The normalized spacial score (nSPS) is 12.8. The summed E-state index contributed by atoms with van der Waals surface area (Å²) in [5, 5.41) is 11.6. The third kappa shape index (κ3) is 4.81. The minimum atomic E-state index is -0.571. The third-order valence-electron chi connectivity index (χ3n) is 5.10. The molecule has 1 aromatic heterocycles. The molecule has 1 amide bonds. The highest BCUT2D eigenvalue weighted by Gasteiger charge is 2.33. The van der Waals surface area contributed by atoms with Gasteiger partial charge in [-0.1, -0.05) is 11.6 Å². The highest BCUT2D eigenvalue weighted by molar-refractivity contribution is 6.30. The van der Waals surface area contributed by atoms with Gasteiger partial charge in [0.2, 0.25) is 5.75 Å². The number of hydrogen-bond acceptors (Lipinski definition) is 6. The van der Waals surface area contributed by atoms with Gasteiger partial charge in [-0.2, -0.15) is 0 Å². The summed E-state index contributed by atoms with van der Waals surface area (Å²) >= 11 is 5.87. The van der Waals surface area contributed by atoms with E-state index in [4.69, 9.17) is 21.1 Å². The Balaban J connectivity index is 1.59. The first kappa shape index (κ1) is 21.6. The van der Waals surface area contributed by atoms with Crippen molar-refractivity contribution in [2.24, 2.45) is 0 Å². The van der Waals surface area contributed by atoms with Crippen molar-refractivity contribution in [3.63, 3.8) is 0 Å². The molecule has 1 aliphatic rings. The molecule has 164 valence electrons. The lowest BCUT2D eigenvalue weighted by Gasteiger charge is -2.23. The number of benzene rings is 2. The Morgan fingerprint density at radius 2 is 1.84 bits per heavy atom. The van der Waals surface area contributed by atoms with Crippen LogP contribution in [0.4, 0.5) is 5.69 Å². The predicted molar refractivity (Wildman–Crippen MR) is 118 cm³/mol. The van der Waals surface area contributed by atoms with Crippen LogP contribution in [-0.2, 0) is 6.54 Å². The number of ether oxygens (including phenoxy) is 2. The molecule has 2 aromatic carbocycles. The molecule has 0 atom stereocenters. The molecule has 1 saturated carbocycles. The van der Waals surface area contributed by atoms with Crippen molar-refractivity contribution < 1.29 is 19.2 Å².